The molecule has 3 rings (SSSR count). The Morgan fingerprint density at radius 1 is 1.00 bits per heavy atom. The van der Waals surface area contributed by atoms with Crippen molar-refractivity contribution in [2.75, 3.05) is 6.54 Å². The Hall–Kier alpha value is -0.860. The smallest absolute Gasteiger partial charge is 0.223 e. The van der Waals surface area contributed by atoms with Crippen LogP contribution in [0.3, 0.4) is 0 Å². The molecule has 2 unspecified atom stereocenters. The summed E-state index contributed by atoms with van der Waals surface area (Å²) >= 11 is 0. The van der Waals surface area contributed by atoms with Gasteiger partial charge in [0.2, 0.25) is 5.91 Å². The molecule has 0 aromatic heterocycles. The summed E-state index contributed by atoms with van der Waals surface area (Å²) in [6, 6.07) is 0.233. The summed E-state index contributed by atoms with van der Waals surface area (Å²) in [5, 5.41) is 0. The van der Waals surface area contributed by atoms with Crippen LogP contribution in [-0.2, 0) is 9.59 Å². The second kappa shape index (κ2) is 6.28. The van der Waals surface area contributed by atoms with Crippen LogP contribution < -0.4 is 0 Å². The molecule has 1 saturated heterocycles. The van der Waals surface area contributed by atoms with Crippen LogP contribution >= 0.6 is 0 Å². The molecule has 2 aliphatic carbocycles. The van der Waals surface area contributed by atoms with E-state index in [2.05, 4.69) is 4.90 Å². The van der Waals surface area contributed by atoms with Crippen LogP contribution in [0.25, 0.3) is 0 Å². The van der Waals surface area contributed by atoms with Crippen molar-refractivity contribution in [2.24, 2.45) is 11.8 Å². The summed E-state index contributed by atoms with van der Waals surface area (Å²) < 4.78 is 0. The maximum absolute atomic E-state index is 12.6. The van der Waals surface area contributed by atoms with Gasteiger partial charge in [-0.2, -0.15) is 0 Å². The average molecular weight is 277 g/mol. The number of nitrogens with zero attached hydrogens (tertiary/aromatic N) is 1. The Morgan fingerprint density at radius 3 is 2.50 bits per heavy atom. The van der Waals surface area contributed by atoms with Crippen molar-refractivity contribution in [1.29, 1.82) is 0 Å². The monoisotopic (exact) mass is 277 g/mol. The van der Waals surface area contributed by atoms with E-state index in [0.29, 0.717) is 17.6 Å². The van der Waals surface area contributed by atoms with Crippen LogP contribution in [0.2, 0.25) is 0 Å². The number of ketones is 1. The number of carbonyl (C=O) groups excluding carboxylic acids is 2. The molecule has 0 spiro atoms. The second-order valence-electron chi connectivity index (χ2n) is 6.97. The molecular weight excluding hydrogens is 250 g/mol. The summed E-state index contributed by atoms with van der Waals surface area (Å²) in [6.07, 6.45) is 11.9. The molecule has 3 fully saturated rings. The molecule has 20 heavy (non-hydrogen) atoms. The Labute approximate surface area is 122 Å². The van der Waals surface area contributed by atoms with Crippen molar-refractivity contribution in [2.45, 2.75) is 76.7 Å². The number of likely N-dealkylation sites (tertiary alicyclic amines) is 1. The fraction of sp³-hybridized carbons (Fsp3) is 0.882. The van der Waals surface area contributed by atoms with Crippen LogP contribution in [0.5, 0.6) is 0 Å². The highest BCUT2D eigenvalue weighted by Crippen LogP contribution is 2.34. The number of rotatable bonds is 3. The summed E-state index contributed by atoms with van der Waals surface area (Å²) in [4.78, 5) is 26.8. The standard InChI is InChI=1S/C17H27NO2/c19-16-10-4-3-8-14(16)15-9-5-11-18(15)17(20)12-13-6-1-2-7-13/h13-15H,1-12H2. The minimum Gasteiger partial charge on any atom is -0.339 e. The first kappa shape index (κ1) is 14.1. The molecule has 1 amide bonds. The molecule has 112 valence electrons. The van der Waals surface area contributed by atoms with E-state index in [1.54, 1.807) is 0 Å². The lowest BCUT2D eigenvalue weighted by molar-refractivity contribution is -0.136. The Kier molecular flexibility index (Phi) is 4.42. The van der Waals surface area contributed by atoms with E-state index in [0.717, 1.165) is 51.5 Å². The molecule has 2 atom stereocenters. The zero-order valence-electron chi connectivity index (χ0n) is 12.5. The largest absolute Gasteiger partial charge is 0.339 e. The fourth-order valence-electron chi connectivity index (χ4n) is 4.52. The van der Waals surface area contributed by atoms with E-state index in [1.165, 1.54) is 25.7 Å². The predicted molar refractivity (Wildman–Crippen MR) is 78.3 cm³/mol. The van der Waals surface area contributed by atoms with E-state index in [-0.39, 0.29) is 12.0 Å². The lowest BCUT2D eigenvalue weighted by Gasteiger charge is -2.33. The molecule has 0 bridgehead atoms. The third kappa shape index (κ3) is 2.91. The molecule has 3 nitrogen and oxygen atoms in total. The van der Waals surface area contributed by atoms with Crippen molar-refractivity contribution >= 4 is 11.7 Å². The highest BCUT2D eigenvalue weighted by molar-refractivity contribution is 5.84. The third-order valence-corrected chi connectivity index (χ3v) is 5.62. The minimum atomic E-state index is 0.152. The van der Waals surface area contributed by atoms with E-state index >= 15 is 0 Å². The first-order valence-electron chi connectivity index (χ1n) is 8.58. The number of Topliss-reactive ketones (excluding diaryl/α,β-unsaturated/α-hetero) is 1. The number of hydrogen-bond donors (Lipinski definition) is 0. The Balaban J connectivity index is 1.62. The zero-order chi connectivity index (χ0) is 13.9. The third-order valence-electron chi connectivity index (χ3n) is 5.62. The van der Waals surface area contributed by atoms with Gasteiger partial charge in [0, 0.05) is 31.3 Å². The van der Waals surface area contributed by atoms with Gasteiger partial charge in [-0.15, -0.1) is 0 Å². The topological polar surface area (TPSA) is 37.4 Å². The van der Waals surface area contributed by atoms with Gasteiger partial charge in [0.05, 0.1) is 0 Å². The number of carbonyl (C=O) groups is 2. The van der Waals surface area contributed by atoms with Crippen molar-refractivity contribution < 1.29 is 9.59 Å². The van der Waals surface area contributed by atoms with Crippen molar-refractivity contribution in [3.8, 4) is 0 Å². The number of amides is 1. The summed E-state index contributed by atoms with van der Waals surface area (Å²) in [6.45, 7) is 0.889. The van der Waals surface area contributed by atoms with Crippen molar-refractivity contribution in [3.63, 3.8) is 0 Å². The highest BCUT2D eigenvalue weighted by Gasteiger charge is 2.39. The van der Waals surface area contributed by atoms with E-state index in [1.807, 2.05) is 0 Å². The summed E-state index contributed by atoms with van der Waals surface area (Å²) in [7, 11) is 0. The van der Waals surface area contributed by atoms with Crippen LogP contribution in [0.4, 0.5) is 0 Å². The van der Waals surface area contributed by atoms with Gasteiger partial charge in [-0.3, -0.25) is 9.59 Å². The van der Waals surface area contributed by atoms with Gasteiger partial charge in [-0.05, 0) is 44.4 Å². The summed E-state index contributed by atoms with van der Waals surface area (Å²) in [5.74, 6) is 1.52. The molecule has 1 heterocycles. The first-order valence-corrected chi connectivity index (χ1v) is 8.58. The molecular formula is C17H27NO2. The normalized spacial score (nSPS) is 32.0. The van der Waals surface area contributed by atoms with Gasteiger partial charge in [0.15, 0.2) is 0 Å². The van der Waals surface area contributed by atoms with Crippen molar-refractivity contribution in [3.05, 3.63) is 0 Å². The minimum absolute atomic E-state index is 0.152. The molecule has 3 heteroatoms. The van der Waals surface area contributed by atoms with Crippen LogP contribution in [-0.4, -0.2) is 29.2 Å². The van der Waals surface area contributed by atoms with E-state index < -0.39 is 0 Å². The fourth-order valence-corrected chi connectivity index (χ4v) is 4.52. The maximum atomic E-state index is 12.6. The maximum Gasteiger partial charge on any atom is 0.223 e. The lowest BCUT2D eigenvalue weighted by Crippen LogP contribution is -2.44. The lowest BCUT2D eigenvalue weighted by atomic mass is 9.81. The first-order chi connectivity index (χ1) is 9.75. The second-order valence-corrected chi connectivity index (χ2v) is 6.97. The highest BCUT2D eigenvalue weighted by atomic mass is 16.2. The quantitative estimate of drug-likeness (QED) is 0.793. The van der Waals surface area contributed by atoms with Gasteiger partial charge >= 0.3 is 0 Å². The zero-order valence-corrected chi connectivity index (χ0v) is 12.5. The van der Waals surface area contributed by atoms with Gasteiger partial charge in [-0.1, -0.05) is 19.3 Å². The van der Waals surface area contributed by atoms with Crippen LogP contribution in [0.15, 0.2) is 0 Å². The SMILES string of the molecule is O=C1CCCCC1C1CCCN1C(=O)CC1CCCC1. The van der Waals surface area contributed by atoms with E-state index in [9.17, 15) is 9.59 Å². The van der Waals surface area contributed by atoms with Crippen molar-refractivity contribution in [1.82, 2.24) is 4.90 Å². The average Bonchev–Trinajstić information content (AvgIpc) is 3.09. The molecule has 0 N–H and O–H groups in total. The van der Waals surface area contributed by atoms with Gasteiger partial charge in [-0.25, -0.2) is 0 Å². The van der Waals surface area contributed by atoms with Crippen LogP contribution in [0.1, 0.15) is 70.6 Å². The Morgan fingerprint density at radius 2 is 1.75 bits per heavy atom. The number of hydrogen-bond acceptors (Lipinski definition) is 2. The molecule has 1 aliphatic heterocycles. The van der Waals surface area contributed by atoms with Gasteiger partial charge < -0.3 is 4.90 Å². The molecule has 2 saturated carbocycles. The van der Waals surface area contributed by atoms with Gasteiger partial charge in [0.1, 0.15) is 5.78 Å². The van der Waals surface area contributed by atoms with Crippen LogP contribution in [0, 0.1) is 11.8 Å². The van der Waals surface area contributed by atoms with Gasteiger partial charge in [0.25, 0.3) is 0 Å². The molecule has 0 radical (unpaired) electrons. The van der Waals surface area contributed by atoms with E-state index in [4.69, 9.17) is 0 Å². The molecule has 3 aliphatic rings. The summed E-state index contributed by atoms with van der Waals surface area (Å²) in [5.41, 5.74) is 0. The Bertz CT molecular complexity index is 373. The predicted octanol–water partition coefficient (Wildman–Crippen LogP) is 3.32. The molecule has 0 aromatic carbocycles. The molecule has 0 aromatic rings.